The summed E-state index contributed by atoms with van der Waals surface area (Å²) in [6.07, 6.45) is 3.92. The molecule has 0 spiro atoms. The maximum atomic E-state index is 5.79. The number of aryl methyl sites for hydroxylation is 1. The molecule has 2 aromatic carbocycles. The van der Waals surface area contributed by atoms with Gasteiger partial charge in [-0.3, -0.25) is 4.68 Å². The Morgan fingerprint density at radius 1 is 1.11 bits per heavy atom. The van der Waals surface area contributed by atoms with Crippen LogP contribution < -0.4 is 5.73 Å². The first-order chi connectivity index (χ1) is 8.79. The predicted molar refractivity (Wildman–Crippen MR) is 81.3 cm³/mol. The van der Waals surface area contributed by atoms with Crippen molar-refractivity contribution in [1.29, 1.82) is 0 Å². The summed E-state index contributed by atoms with van der Waals surface area (Å²) in [6.45, 7) is 0.563. The van der Waals surface area contributed by atoms with E-state index in [4.69, 9.17) is 5.73 Å². The van der Waals surface area contributed by atoms with E-state index in [1.165, 1.54) is 21.9 Å². The third-order valence-corrected chi connectivity index (χ3v) is 3.25. The summed E-state index contributed by atoms with van der Waals surface area (Å²) in [4.78, 5) is 0. The number of hydrogen-bond donors (Lipinski definition) is 1. The molecule has 0 saturated carbocycles. The zero-order chi connectivity index (χ0) is 12.5. The molecule has 0 unspecified atom stereocenters. The lowest BCUT2D eigenvalue weighted by molar-refractivity contribution is 0.768. The largest absolute Gasteiger partial charge is 0.326 e. The van der Waals surface area contributed by atoms with Crippen LogP contribution in [0.4, 0.5) is 0 Å². The van der Waals surface area contributed by atoms with Gasteiger partial charge in [-0.2, -0.15) is 5.10 Å². The third kappa shape index (κ3) is 2.35. The van der Waals surface area contributed by atoms with E-state index < -0.39 is 0 Å². The van der Waals surface area contributed by atoms with Gasteiger partial charge < -0.3 is 5.73 Å². The molecule has 3 rings (SSSR count). The molecule has 1 heterocycles. The molecule has 3 nitrogen and oxygen atoms in total. The number of halogens is 1. The van der Waals surface area contributed by atoms with Crippen molar-refractivity contribution in [2.45, 2.75) is 6.54 Å². The highest BCUT2D eigenvalue weighted by Gasteiger charge is 2.07. The van der Waals surface area contributed by atoms with E-state index in [1.807, 2.05) is 24.1 Å². The molecule has 19 heavy (non-hydrogen) atoms. The zero-order valence-corrected chi connectivity index (χ0v) is 11.5. The minimum absolute atomic E-state index is 0. The Morgan fingerprint density at radius 2 is 1.84 bits per heavy atom. The number of aromatic nitrogens is 2. The molecule has 0 aliphatic rings. The first-order valence-electron chi connectivity index (χ1n) is 5.99. The summed E-state index contributed by atoms with van der Waals surface area (Å²) in [5, 5.41) is 6.69. The second kappa shape index (κ2) is 5.43. The Labute approximate surface area is 118 Å². The van der Waals surface area contributed by atoms with Crippen LogP contribution in [0.25, 0.3) is 21.9 Å². The van der Waals surface area contributed by atoms with Gasteiger partial charge >= 0.3 is 0 Å². The van der Waals surface area contributed by atoms with Gasteiger partial charge in [-0.1, -0.05) is 36.4 Å². The normalized spacial score (nSPS) is 10.4. The molecule has 0 aliphatic heterocycles. The molecule has 1 aromatic heterocycles. The molecular formula is C15H16ClN3. The summed E-state index contributed by atoms with van der Waals surface area (Å²) < 4.78 is 1.82. The average molecular weight is 274 g/mol. The monoisotopic (exact) mass is 273 g/mol. The van der Waals surface area contributed by atoms with Crippen LogP contribution in [-0.2, 0) is 13.6 Å². The minimum Gasteiger partial charge on any atom is -0.326 e. The van der Waals surface area contributed by atoms with Crippen molar-refractivity contribution < 1.29 is 0 Å². The van der Waals surface area contributed by atoms with E-state index in [2.05, 4.69) is 41.5 Å². The van der Waals surface area contributed by atoms with Crippen LogP contribution in [0, 0.1) is 0 Å². The maximum absolute atomic E-state index is 5.79. The zero-order valence-electron chi connectivity index (χ0n) is 10.7. The Hall–Kier alpha value is -1.84. The number of nitrogens with zero attached hydrogens (tertiary/aromatic N) is 2. The lowest BCUT2D eigenvalue weighted by Crippen LogP contribution is -1.97. The predicted octanol–water partition coefficient (Wildman–Crippen LogP) is 3.12. The van der Waals surface area contributed by atoms with Crippen LogP contribution in [-0.4, -0.2) is 9.78 Å². The van der Waals surface area contributed by atoms with E-state index in [1.54, 1.807) is 0 Å². The van der Waals surface area contributed by atoms with Crippen LogP contribution in [0.3, 0.4) is 0 Å². The lowest BCUT2D eigenvalue weighted by atomic mass is 9.97. The van der Waals surface area contributed by atoms with Crippen molar-refractivity contribution >= 4 is 23.2 Å². The van der Waals surface area contributed by atoms with Gasteiger partial charge in [-0.15, -0.1) is 12.4 Å². The highest BCUT2D eigenvalue weighted by atomic mass is 35.5. The standard InChI is InChI=1S/C15H15N3.ClH/c1-18-10-12(9-17-18)14-7-6-11(8-16)13-4-2-3-5-15(13)14;/h2-7,9-10H,8,16H2,1H3;1H. The molecule has 0 amide bonds. The number of fused-ring (bicyclic) bond motifs is 1. The van der Waals surface area contributed by atoms with E-state index in [9.17, 15) is 0 Å². The van der Waals surface area contributed by atoms with E-state index in [0.29, 0.717) is 6.54 Å². The van der Waals surface area contributed by atoms with Crippen molar-refractivity contribution in [3.05, 3.63) is 54.4 Å². The fraction of sp³-hybridized carbons (Fsp3) is 0.133. The molecule has 2 N–H and O–H groups in total. The van der Waals surface area contributed by atoms with Crippen molar-refractivity contribution in [2.75, 3.05) is 0 Å². The Bertz CT molecular complexity index is 703. The van der Waals surface area contributed by atoms with Gasteiger partial charge in [-0.05, 0) is 21.9 Å². The summed E-state index contributed by atoms with van der Waals surface area (Å²) in [5.74, 6) is 0. The third-order valence-electron chi connectivity index (χ3n) is 3.25. The molecule has 0 radical (unpaired) electrons. The summed E-state index contributed by atoms with van der Waals surface area (Å²) >= 11 is 0. The smallest absolute Gasteiger partial charge is 0.0568 e. The SMILES string of the molecule is Cl.Cn1cc(-c2ccc(CN)c3ccccc23)cn1. The molecule has 4 heteroatoms. The summed E-state index contributed by atoms with van der Waals surface area (Å²) in [6, 6.07) is 12.6. The van der Waals surface area contributed by atoms with Crippen molar-refractivity contribution in [2.24, 2.45) is 12.8 Å². The van der Waals surface area contributed by atoms with Crippen LogP contribution in [0.5, 0.6) is 0 Å². The Kier molecular flexibility index (Phi) is 3.88. The van der Waals surface area contributed by atoms with Crippen molar-refractivity contribution in [1.82, 2.24) is 9.78 Å². The Balaban J connectivity index is 0.00000133. The molecule has 0 atom stereocenters. The molecule has 0 fully saturated rings. The first-order valence-corrected chi connectivity index (χ1v) is 5.99. The fourth-order valence-electron chi connectivity index (χ4n) is 2.35. The highest BCUT2D eigenvalue weighted by Crippen LogP contribution is 2.30. The summed E-state index contributed by atoms with van der Waals surface area (Å²) in [7, 11) is 1.93. The van der Waals surface area contributed by atoms with Gasteiger partial charge in [0.1, 0.15) is 0 Å². The van der Waals surface area contributed by atoms with Crippen LogP contribution in [0.15, 0.2) is 48.8 Å². The molecule has 0 saturated heterocycles. The van der Waals surface area contributed by atoms with Gasteiger partial charge in [-0.25, -0.2) is 0 Å². The highest BCUT2D eigenvalue weighted by molar-refractivity contribution is 5.98. The van der Waals surface area contributed by atoms with E-state index in [-0.39, 0.29) is 12.4 Å². The lowest BCUT2D eigenvalue weighted by Gasteiger charge is -2.08. The number of hydrogen-bond acceptors (Lipinski definition) is 2. The number of nitrogens with two attached hydrogens (primary N) is 1. The molecule has 98 valence electrons. The quantitative estimate of drug-likeness (QED) is 0.780. The molecule has 0 bridgehead atoms. The van der Waals surface area contributed by atoms with E-state index >= 15 is 0 Å². The number of rotatable bonds is 2. The van der Waals surface area contributed by atoms with Crippen LogP contribution >= 0.6 is 12.4 Å². The second-order valence-electron chi connectivity index (χ2n) is 4.42. The van der Waals surface area contributed by atoms with Crippen molar-refractivity contribution in [3.8, 4) is 11.1 Å². The number of benzene rings is 2. The van der Waals surface area contributed by atoms with Gasteiger partial charge in [0, 0.05) is 25.4 Å². The fourth-order valence-corrected chi connectivity index (χ4v) is 2.35. The molecule has 0 aliphatic carbocycles. The van der Waals surface area contributed by atoms with E-state index in [0.717, 1.165) is 5.56 Å². The average Bonchev–Trinajstić information content (AvgIpc) is 2.84. The van der Waals surface area contributed by atoms with Crippen LogP contribution in [0.2, 0.25) is 0 Å². The molecular weight excluding hydrogens is 258 g/mol. The maximum Gasteiger partial charge on any atom is 0.0568 e. The van der Waals surface area contributed by atoms with Crippen LogP contribution in [0.1, 0.15) is 5.56 Å². The topological polar surface area (TPSA) is 43.8 Å². The first kappa shape index (κ1) is 13.6. The molecule has 3 aromatic rings. The van der Waals surface area contributed by atoms with Gasteiger partial charge in [0.15, 0.2) is 0 Å². The van der Waals surface area contributed by atoms with Crippen molar-refractivity contribution in [3.63, 3.8) is 0 Å². The Morgan fingerprint density at radius 3 is 2.47 bits per heavy atom. The minimum atomic E-state index is 0. The van der Waals surface area contributed by atoms with Gasteiger partial charge in [0.05, 0.1) is 6.20 Å². The van der Waals surface area contributed by atoms with Gasteiger partial charge in [0.2, 0.25) is 0 Å². The summed E-state index contributed by atoms with van der Waals surface area (Å²) in [5.41, 5.74) is 9.31. The van der Waals surface area contributed by atoms with Gasteiger partial charge in [0.25, 0.3) is 0 Å². The second-order valence-corrected chi connectivity index (χ2v) is 4.42.